The zero-order chi connectivity index (χ0) is 23.2. The van der Waals surface area contributed by atoms with Gasteiger partial charge in [-0.25, -0.2) is 9.37 Å². The number of hydrogen-bond acceptors (Lipinski definition) is 5. The first-order valence-electron chi connectivity index (χ1n) is 10.8. The van der Waals surface area contributed by atoms with E-state index in [9.17, 15) is 4.39 Å². The van der Waals surface area contributed by atoms with Crippen LogP contribution in [-0.4, -0.2) is 44.2 Å². The first-order valence-corrected chi connectivity index (χ1v) is 10.8. The first kappa shape index (κ1) is 20.0. The molecule has 8 heteroatoms. The summed E-state index contributed by atoms with van der Waals surface area (Å²) in [6, 6.07) is 14.5. The molecule has 7 nitrogen and oxygen atoms in total. The standard InChI is InChI=1S/C26H20FN7/c1-34(2)19-9-16(12-28-14-19)17-10-21-25(32-33-26(21)30-13-17)23-11-20-22(31-23)6-7-29-24(20)15-4-3-5-18(27)8-15/h3-14,31H,1-2H3,(H,30,32,33). The Morgan fingerprint density at radius 1 is 0.853 bits per heavy atom. The van der Waals surface area contributed by atoms with Crippen LogP contribution in [0.3, 0.4) is 0 Å². The fourth-order valence-electron chi connectivity index (χ4n) is 4.15. The molecule has 0 aliphatic heterocycles. The van der Waals surface area contributed by atoms with Gasteiger partial charge >= 0.3 is 0 Å². The molecular weight excluding hydrogens is 429 g/mol. The maximum absolute atomic E-state index is 13.8. The second-order valence-electron chi connectivity index (χ2n) is 8.33. The number of nitrogens with zero attached hydrogens (tertiary/aromatic N) is 5. The van der Waals surface area contributed by atoms with Crippen LogP contribution < -0.4 is 4.90 Å². The molecule has 0 saturated carbocycles. The lowest BCUT2D eigenvalue weighted by Gasteiger charge is -2.12. The summed E-state index contributed by atoms with van der Waals surface area (Å²) in [5.74, 6) is -0.293. The Hall–Kier alpha value is -4.59. The van der Waals surface area contributed by atoms with Gasteiger partial charge in [-0.05, 0) is 36.4 Å². The predicted octanol–water partition coefficient (Wildman–Crippen LogP) is 5.44. The second-order valence-corrected chi connectivity index (χ2v) is 8.33. The zero-order valence-electron chi connectivity index (χ0n) is 18.5. The van der Waals surface area contributed by atoms with Crippen molar-refractivity contribution in [2.75, 3.05) is 19.0 Å². The lowest BCUT2D eigenvalue weighted by Crippen LogP contribution is -2.08. The van der Waals surface area contributed by atoms with Gasteiger partial charge in [-0.15, -0.1) is 0 Å². The minimum absolute atomic E-state index is 0.293. The van der Waals surface area contributed by atoms with Crippen LogP contribution in [-0.2, 0) is 0 Å². The quantitative estimate of drug-likeness (QED) is 0.375. The van der Waals surface area contributed by atoms with Gasteiger partial charge in [0.05, 0.1) is 29.0 Å². The molecule has 0 unspecified atom stereocenters. The molecule has 5 aromatic heterocycles. The highest BCUT2D eigenvalue weighted by Gasteiger charge is 2.15. The van der Waals surface area contributed by atoms with Crippen molar-refractivity contribution in [3.63, 3.8) is 0 Å². The molecular formula is C26H20FN7. The topological polar surface area (TPSA) is 86.4 Å². The van der Waals surface area contributed by atoms with E-state index < -0.39 is 0 Å². The average molecular weight is 449 g/mol. The van der Waals surface area contributed by atoms with Gasteiger partial charge in [0.25, 0.3) is 0 Å². The molecule has 0 atom stereocenters. The van der Waals surface area contributed by atoms with E-state index in [2.05, 4.69) is 42.3 Å². The lowest BCUT2D eigenvalue weighted by molar-refractivity contribution is 0.628. The molecule has 1 aromatic carbocycles. The Morgan fingerprint density at radius 3 is 2.59 bits per heavy atom. The van der Waals surface area contributed by atoms with Gasteiger partial charge in [0.2, 0.25) is 0 Å². The highest BCUT2D eigenvalue weighted by Crippen LogP contribution is 2.34. The van der Waals surface area contributed by atoms with E-state index in [1.807, 2.05) is 49.6 Å². The summed E-state index contributed by atoms with van der Waals surface area (Å²) in [6.45, 7) is 0. The second kappa shape index (κ2) is 7.77. The summed E-state index contributed by atoms with van der Waals surface area (Å²) in [4.78, 5) is 18.9. The molecule has 5 heterocycles. The zero-order valence-corrected chi connectivity index (χ0v) is 18.5. The van der Waals surface area contributed by atoms with E-state index in [1.165, 1.54) is 12.1 Å². The number of benzene rings is 1. The van der Waals surface area contributed by atoms with Crippen LogP contribution in [0.2, 0.25) is 0 Å². The van der Waals surface area contributed by atoms with Gasteiger partial charge in [-0.2, -0.15) is 5.10 Å². The van der Waals surface area contributed by atoms with E-state index in [0.717, 1.165) is 50.1 Å². The van der Waals surface area contributed by atoms with Crippen molar-refractivity contribution in [2.24, 2.45) is 0 Å². The van der Waals surface area contributed by atoms with E-state index >= 15 is 0 Å². The number of pyridine rings is 3. The molecule has 0 amide bonds. The van der Waals surface area contributed by atoms with E-state index in [4.69, 9.17) is 0 Å². The Kier molecular flexibility index (Phi) is 4.58. The van der Waals surface area contributed by atoms with Crippen LogP contribution in [0.1, 0.15) is 0 Å². The maximum atomic E-state index is 13.8. The number of aromatic amines is 2. The minimum Gasteiger partial charge on any atom is -0.376 e. The third-order valence-corrected chi connectivity index (χ3v) is 5.90. The Balaban J connectivity index is 1.48. The molecule has 0 saturated heterocycles. The number of anilines is 1. The predicted molar refractivity (Wildman–Crippen MR) is 132 cm³/mol. The van der Waals surface area contributed by atoms with Crippen molar-refractivity contribution in [1.82, 2.24) is 30.1 Å². The molecule has 0 fully saturated rings. The Morgan fingerprint density at radius 2 is 1.74 bits per heavy atom. The third kappa shape index (κ3) is 3.36. The molecule has 0 bridgehead atoms. The molecule has 0 spiro atoms. The van der Waals surface area contributed by atoms with E-state index in [0.29, 0.717) is 11.3 Å². The van der Waals surface area contributed by atoms with Crippen molar-refractivity contribution in [3.8, 4) is 33.8 Å². The summed E-state index contributed by atoms with van der Waals surface area (Å²) in [6.07, 6.45) is 7.18. The van der Waals surface area contributed by atoms with Crippen molar-refractivity contribution in [2.45, 2.75) is 0 Å². The van der Waals surface area contributed by atoms with Crippen molar-refractivity contribution >= 4 is 27.6 Å². The van der Waals surface area contributed by atoms with Gasteiger partial charge in [-0.3, -0.25) is 15.1 Å². The molecule has 0 radical (unpaired) electrons. The number of H-pyrrole nitrogens is 2. The molecule has 34 heavy (non-hydrogen) atoms. The lowest BCUT2D eigenvalue weighted by atomic mass is 10.1. The van der Waals surface area contributed by atoms with Crippen LogP contribution >= 0.6 is 0 Å². The van der Waals surface area contributed by atoms with E-state index in [-0.39, 0.29) is 5.82 Å². The molecule has 0 aliphatic rings. The number of rotatable bonds is 4. The highest BCUT2D eigenvalue weighted by molar-refractivity contribution is 6.00. The fraction of sp³-hybridized carbons (Fsp3) is 0.0769. The number of nitrogens with one attached hydrogen (secondary N) is 2. The van der Waals surface area contributed by atoms with Crippen molar-refractivity contribution in [3.05, 3.63) is 79.1 Å². The third-order valence-electron chi connectivity index (χ3n) is 5.90. The number of hydrogen-bond donors (Lipinski definition) is 2. The SMILES string of the molecule is CN(C)c1cncc(-c2cnc3n[nH]c(-c4cc5c(-c6cccc(F)c6)nccc5[nH]4)c3c2)c1. The maximum Gasteiger partial charge on any atom is 0.181 e. The average Bonchev–Trinajstić information content (AvgIpc) is 3.47. The van der Waals surface area contributed by atoms with Gasteiger partial charge in [0, 0.05) is 65.7 Å². The summed E-state index contributed by atoms with van der Waals surface area (Å²) >= 11 is 0. The van der Waals surface area contributed by atoms with Crippen LogP contribution in [0.15, 0.2) is 73.3 Å². The van der Waals surface area contributed by atoms with Crippen LogP contribution in [0.25, 0.3) is 55.7 Å². The molecule has 6 aromatic rings. The molecule has 2 N–H and O–H groups in total. The molecule has 0 aliphatic carbocycles. The largest absolute Gasteiger partial charge is 0.376 e. The fourth-order valence-corrected chi connectivity index (χ4v) is 4.15. The van der Waals surface area contributed by atoms with Crippen LogP contribution in [0, 0.1) is 5.82 Å². The minimum atomic E-state index is -0.293. The van der Waals surface area contributed by atoms with Crippen molar-refractivity contribution < 1.29 is 4.39 Å². The first-order chi connectivity index (χ1) is 16.6. The van der Waals surface area contributed by atoms with E-state index in [1.54, 1.807) is 18.5 Å². The van der Waals surface area contributed by atoms with Crippen LogP contribution in [0.5, 0.6) is 0 Å². The van der Waals surface area contributed by atoms with Gasteiger partial charge in [0.1, 0.15) is 5.82 Å². The summed E-state index contributed by atoms with van der Waals surface area (Å²) < 4.78 is 13.8. The van der Waals surface area contributed by atoms with Gasteiger partial charge < -0.3 is 9.88 Å². The molecule has 6 rings (SSSR count). The highest BCUT2D eigenvalue weighted by atomic mass is 19.1. The smallest absolute Gasteiger partial charge is 0.181 e. The Labute approximate surface area is 194 Å². The normalized spacial score (nSPS) is 11.4. The molecule has 166 valence electrons. The van der Waals surface area contributed by atoms with Crippen LogP contribution in [0.4, 0.5) is 10.1 Å². The number of fused-ring (bicyclic) bond motifs is 2. The Bertz CT molecular complexity index is 1670. The number of aromatic nitrogens is 6. The number of halogens is 1. The summed E-state index contributed by atoms with van der Waals surface area (Å²) in [7, 11) is 3.97. The summed E-state index contributed by atoms with van der Waals surface area (Å²) in [5, 5.41) is 9.30. The monoisotopic (exact) mass is 449 g/mol. The van der Waals surface area contributed by atoms with Gasteiger partial charge in [0.15, 0.2) is 5.65 Å². The van der Waals surface area contributed by atoms with Gasteiger partial charge in [-0.1, -0.05) is 12.1 Å². The summed E-state index contributed by atoms with van der Waals surface area (Å²) in [5.41, 5.74) is 7.57. The van der Waals surface area contributed by atoms with Crippen molar-refractivity contribution in [1.29, 1.82) is 0 Å².